The molecule has 78 valence electrons. The van der Waals surface area contributed by atoms with Gasteiger partial charge in [0.1, 0.15) is 0 Å². The van der Waals surface area contributed by atoms with Gasteiger partial charge in [-0.3, -0.25) is 0 Å². The highest BCUT2D eigenvalue weighted by Gasteiger charge is 2.14. The van der Waals surface area contributed by atoms with Gasteiger partial charge in [0.25, 0.3) is 0 Å². The maximum atomic E-state index is 9.61. The molecule has 0 heterocycles. The highest BCUT2D eigenvalue weighted by atomic mass is 16.7. The van der Waals surface area contributed by atoms with Crippen molar-refractivity contribution in [1.29, 1.82) is 0 Å². The molecule has 0 rings (SSSR count). The summed E-state index contributed by atoms with van der Waals surface area (Å²) in [5.74, 6) is 0.374. The Hall–Kier alpha value is -0.540. The molecule has 0 fully saturated rings. The van der Waals surface area contributed by atoms with E-state index >= 15 is 0 Å². The topological polar surface area (TPSA) is 38.7 Å². The summed E-state index contributed by atoms with van der Waals surface area (Å²) in [6.07, 6.45) is 3.09. The van der Waals surface area contributed by atoms with Gasteiger partial charge in [-0.2, -0.15) is 0 Å². The van der Waals surface area contributed by atoms with E-state index < -0.39 is 0 Å². The van der Waals surface area contributed by atoms with Crippen LogP contribution in [-0.4, -0.2) is 25.1 Å². The summed E-state index contributed by atoms with van der Waals surface area (Å²) in [5.41, 5.74) is 0. The van der Waals surface area contributed by atoms with Gasteiger partial charge < -0.3 is 14.6 Å². The van der Waals surface area contributed by atoms with Crippen LogP contribution < -0.4 is 0 Å². The number of ether oxygens (including phenoxy) is 2. The zero-order valence-electron chi connectivity index (χ0n) is 8.86. The second-order valence-electron chi connectivity index (χ2n) is 3.50. The van der Waals surface area contributed by atoms with E-state index in [0.29, 0.717) is 0 Å². The van der Waals surface area contributed by atoms with Crippen molar-refractivity contribution in [1.82, 2.24) is 0 Å². The average Bonchev–Trinajstić information content (AvgIpc) is 2.10. The molecule has 1 N–H and O–H groups in total. The summed E-state index contributed by atoms with van der Waals surface area (Å²) in [6.45, 7) is 6.19. The third kappa shape index (κ3) is 5.66. The fraction of sp³-hybridized carbons (Fsp3) is 0.800. The fourth-order valence-electron chi connectivity index (χ4n) is 1.01. The summed E-state index contributed by atoms with van der Waals surface area (Å²) in [5, 5.41) is 9.61. The maximum absolute atomic E-state index is 9.61. The Bertz CT molecular complexity index is 143. The molecule has 0 aromatic heterocycles. The molecule has 3 nitrogen and oxygen atoms in total. The van der Waals surface area contributed by atoms with Crippen molar-refractivity contribution in [3.05, 3.63) is 12.3 Å². The van der Waals surface area contributed by atoms with E-state index in [0.717, 1.165) is 0 Å². The highest BCUT2D eigenvalue weighted by Crippen LogP contribution is 2.13. The number of hydrogen-bond acceptors (Lipinski definition) is 3. The molecule has 3 heteroatoms. The first-order chi connectivity index (χ1) is 6.09. The molecule has 2 atom stereocenters. The number of hydrogen-bond donors (Lipinski definition) is 1. The molecule has 0 saturated heterocycles. The molecule has 0 aliphatic rings. The molecular weight excluding hydrogens is 168 g/mol. The van der Waals surface area contributed by atoms with Crippen LogP contribution >= 0.6 is 0 Å². The number of methoxy groups -OCH3 is 1. The van der Waals surface area contributed by atoms with Gasteiger partial charge in [-0.1, -0.05) is 20.8 Å². The number of aliphatic hydroxyl groups excluding tert-OH is 1. The highest BCUT2D eigenvalue weighted by molar-refractivity contribution is 4.85. The Kier molecular flexibility index (Phi) is 6.63. The molecule has 0 bridgehead atoms. The van der Waals surface area contributed by atoms with Gasteiger partial charge in [0.15, 0.2) is 6.79 Å². The fourth-order valence-corrected chi connectivity index (χ4v) is 1.01. The lowest BCUT2D eigenvalue weighted by Crippen LogP contribution is -2.22. The third-order valence-corrected chi connectivity index (χ3v) is 1.89. The van der Waals surface area contributed by atoms with Crippen molar-refractivity contribution in [3.63, 3.8) is 0 Å². The van der Waals surface area contributed by atoms with Crippen LogP contribution in [0.2, 0.25) is 0 Å². The van der Waals surface area contributed by atoms with Gasteiger partial charge in [-0.25, -0.2) is 0 Å². The standard InChI is InChI=1S/C10H20O3/c1-8(2)10(11)9(3)5-6-13-7-12-4/h5-6,8-11H,7H2,1-4H3/b6-5-/t9-,10+/m0/s1. The van der Waals surface area contributed by atoms with Gasteiger partial charge in [0.2, 0.25) is 0 Å². The van der Waals surface area contributed by atoms with Gasteiger partial charge in [0.05, 0.1) is 12.4 Å². The van der Waals surface area contributed by atoms with E-state index in [1.807, 2.05) is 26.8 Å². The summed E-state index contributed by atoms with van der Waals surface area (Å²) < 4.78 is 9.67. The van der Waals surface area contributed by atoms with Crippen LogP contribution in [0.1, 0.15) is 20.8 Å². The lowest BCUT2D eigenvalue weighted by molar-refractivity contribution is 0.0181. The molecule has 0 aliphatic carbocycles. The zero-order valence-corrected chi connectivity index (χ0v) is 8.86. The predicted octanol–water partition coefficient (Wildman–Crippen LogP) is 1.77. The van der Waals surface area contributed by atoms with Crippen molar-refractivity contribution in [2.24, 2.45) is 11.8 Å². The average molecular weight is 188 g/mol. The van der Waals surface area contributed by atoms with E-state index in [2.05, 4.69) is 0 Å². The molecule has 0 aliphatic heterocycles. The van der Waals surface area contributed by atoms with Crippen LogP contribution in [0.5, 0.6) is 0 Å². The Morgan fingerprint density at radius 3 is 2.38 bits per heavy atom. The molecule has 0 unspecified atom stereocenters. The van der Waals surface area contributed by atoms with Crippen LogP contribution in [-0.2, 0) is 9.47 Å². The van der Waals surface area contributed by atoms with Gasteiger partial charge in [0, 0.05) is 13.0 Å². The lowest BCUT2D eigenvalue weighted by atomic mass is 9.95. The van der Waals surface area contributed by atoms with Gasteiger partial charge >= 0.3 is 0 Å². The zero-order chi connectivity index (χ0) is 10.3. The minimum absolute atomic E-state index is 0.108. The largest absolute Gasteiger partial charge is 0.475 e. The van der Waals surface area contributed by atoms with Crippen LogP contribution in [0, 0.1) is 11.8 Å². The van der Waals surface area contributed by atoms with Gasteiger partial charge in [-0.15, -0.1) is 0 Å². The second-order valence-corrected chi connectivity index (χ2v) is 3.50. The van der Waals surface area contributed by atoms with E-state index in [4.69, 9.17) is 9.47 Å². The first-order valence-corrected chi connectivity index (χ1v) is 4.54. The number of aliphatic hydroxyl groups is 1. The monoisotopic (exact) mass is 188 g/mol. The molecule has 0 spiro atoms. The second kappa shape index (κ2) is 6.92. The minimum Gasteiger partial charge on any atom is -0.475 e. The van der Waals surface area contributed by atoms with Crippen LogP contribution in [0.3, 0.4) is 0 Å². The Morgan fingerprint density at radius 2 is 1.92 bits per heavy atom. The molecule has 13 heavy (non-hydrogen) atoms. The van der Waals surface area contributed by atoms with E-state index in [9.17, 15) is 5.11 Å². The van der Waals surface area contributed by atoms with Crippen LogP contribution in [0.4, 0.5) is 0 Å². The maximum Gasteiger partial charge on any atom is 0.187 e. The SMILES string of the molecule is COCO/C=C\[C@H](C)[C@H](O)C(C)C. The summed E-state index contributed by atoms with van der Waals surface area (Å²) in [4.78, 5) is 0. The van der Waals surface area contributed by atoms with Crippen molar-refractivity contribution >= 4 is 0 Å². The van der Waals surface area contributed by atoms with Crippen LogP contribution in [0.15, 0.2) is 12.3 Å². The molecule has 0 saturated carbocycles. The summed E-state index contributed by atoms with van der Waals surface area (Å²) in [7, 11) is 1.57. The third-order valence-electron chi connectivity index (χ3n) is 1.89. The number of rotatable bonds is 6. The van der Waals surface area contributed by atoms with Crippen molar-refractivity contribution < 1.29 is 14.6 Å². The van der Waals surface area contributed by atoms with Crippen molar-refractivity contribution in [2.45, 2.75) is 26.9 Å². The summed E-state index contributed by atoms with van der Waals surface area (Å²) >= 11 is 0. The quantitative estimate of drug-likeness (QED) is 0.392. The molecule has 0 radical (unpaired) electrons. The first kappa shape index (κ1) is 12.5. The van der Waals surface area contributed by atoms with E-state index in [-0.39, 0.29) is 24.7 Å². The summed E-state index contributed by atoms with van der Waals surface area (Å²) in [6, 6.07) is 0. The Labute approximate surface area is 80.4 Å². The van der Waals surface area contributed by atoms with E-state index in [1.54, 1.807) is 13.4 Å². The van der Waals surface area contributed by atoms with E-state index in [1.165, 1.54) is 0 Å². The van der Waals surface area contributed by atoms with Crippen molar-refractivity contribution in [3.8, 4) is 0 Å². The molecule has 0 aromatic carbocycles. The first-order valence-electron chi connectivity index (χ1n) is 4.54. The Balaban J connectivity index is 3.71. The molecule has 0 aromatic rings. The van der Waals surface area contributed by atoms with Crippen LogP contribution in [0.25, 0.3) is 0 Å². The molecule has 0 amide bonds. The minimum atomic E-state index is -0.317. The smallest absolute Gasteiger partial charge is 0.187 e. The normalized spacial score (nSPS) is 16.5. The lowest BCUT2D eigenvalue weighted by Gasteiger charge is -2.18. The van der Waals surface area contributed by atoms with Crippen molar-refractivity contribution in [2.75, 3.05) is 13.9 Å². The predicted molar refractivity (Wildman–Crippen MR) is 52.1 cm³/mol. The van der Waals surface area contributed by atoms with Gasteiger partial charge in [-0.05, 0) is 12.0 Å². The Morgan fingerprint density at radius 1 is 1.31 bits per heavy atom. The molecular formula is C10H20O3.